The van der Waals surface area contributed by atoms with Crippen molar-refractivity contribution in [2.24, 2.45) is 5.92 Å². The summed E-state index contributed by atoms with van der Waals surface area (Å²) in [5.74, 6) is -3.77. The largest absolute Gasteiger partial charge is 0.390 e. The summed E-state index contributed by atoms with van der Waals surface area (Å²) in [5, 5.41) is 28.1. The molecule has 1 aromatic carbocycles. The zero-order valence-corrected chi connectivity index (χ0v) is 24.8. The van der Waals surface area contributed by atoms with Gasteiger partial charge in [0.25, 0.3) is 0 Å². The summed E-state index contributed by atoms with van der Waals surface area (Å²) in [7, 11) is -3.42. The van der Waals surface area contributed by atoms with E-state index < -0.39 is 51.5 Å². The minimum atomic E-state index is -3.42. The Hall–Kier alpha value is -3.40. The maximum atomic E-state index is 14.3. The number of anilines is 2. The van der Waals surface area contributed by atoms with E-state index in [2.05, 4.69) is 25.6 Å². The normalized spacial score (nSPS) is 22.3. The molecular weight excluding hydrogens is 605 g/mol. The lowest BCUT2D eigenvalue weighted by molar-refractivity contribution is 0.0216. The highest BCUT2D eigenvalue weighted by atomic mass is 32.2. The Balaban J connectivity index is 1.37. The number of nitrogens with one attached hydrogen (secondary N) is 2. The molecule has 228 valence electrons. The van der Waals surface area contributed by atoms with Gasteiger partial charge in [0.15, 0.2) is 11.6 Å². The zero-order chi connectivity index (χ0) is 30.6. The third-order valence-electron chi connectivity index (χ3n) is 7.77. The molecule has 2 aliphatic rings. The van der Waals surface area contributed by atoms with Gasteiger partial charge in [-0.25, -0.2) is 31.6 Å². The molecule has 2 aliphatic carbocycles. The Morgan fingerprint density at radius 3 is 2.51 bits per heavy atom. The molecule has 0 aliphatic heterocycles. The number of aryl methyl sites for hydroxylation is 1. The fourth-order valence-corrected chi connectivity index (χ4v) is 7.70. The average Bonchev–Trinajstić information content (AvgIpc) is 3.64. The summed E-state index contributed by atoms with van der Waals surface area (Å²) in [6.45, 7) is 1.48. The van der Waals surface area contributed by atoms with Gasteiger partial charge in [-0.2, -0.15) is 4.98 Å². The first-order chi connectivity index (χ1) is 20.4. The van der Waals surface area contributed by atoms with E-state index >= 15 is 0 Å². The minimum Gasteiger partial charge on any atom is -0.390 e. The number of aliphatic hydroxyl groups is 2. The maximum absolute atomic E-state index is 14.3. The molecule has 15 heteroatoms. The molecule has 2 saturated carbocycles. The molecular formula is C28H29F3N6O4S2. The van der Waals surface area contributed by atoms with Gasteiger partial charge in [0.2, 0.25) is 5.95 Å². The van der Waals surface area contributed by atoms with E-state index in [0.717, 1.165) is 41.1 Å². The number of halogens is 3. The Morgan fingerprint density at radius 2 is 1.79 bits per heavy atom. The molecule has 2 fully saturated rings. The Bertz CT molecular complexity index is 1820. The highest BCUT2D eigenvalue weighted by Gasteiger charge is 2.43. The van der Waals surface area contributed by atoms with E-state index in [-0.39, 0.29) is 36.0 Å². The van der Waals surface area contributed by atoms with Crippen LogP contribution < -0.4 is 10.6 Å². The van der Waals surface area contributed by atoms with Crippen LogP contribution in [0.3, 0.4) is 0 Å². The average molecular weight is 635 g/mol. The second-order valence-corrected chi connectivity index (χ2v) is 14.4. The number of aromatic nitrogens is 4. The van der Waals surface area contributed by atoms with Gasteiger partial charge in [0.05, 0.1) is 39.5 Å². The lowest BCUT2D eigenvalue weighted by atomic mass is 10.1. The number of sulfone groups is 1. The Labute approximate surface area is 249 Å². The standard InChI is InChI=1S/C28H29F3N6O4S2/c1-12-21(27-36-23-20(42-27)5-6-32-22(23)13-3-4-13)26(35-19-8-15(11-43(2,40)41)24(38)25(19)39)37-28(34-12)33-10-14-7-17(30)18(31)9-16(14)29/h5-7,9,13,15,19,24-25,38-39H,3-4,8,10-11H2,1-2H3,(H2,33,34,35,37). The summed E-state index contributed by atoms with van der Waals surface area (Å²) in [5.41, 5.74) is 2.59. The van der Waals surface area contributed by atoms with Gasteiger partial charge >= 0.3 is 0 Å². The predicted molar refractivity (Wildman–Crippen MR) is 156 cm³/mol. The Kier molecular flexibility index (Phi) is 7.77. The van der Waals surface area contributed by atoms with Gasteiger partial charge in [-0.05, 0) is 38.3 Å². The number of fused-ring (bicyclic) bond motifs is 1. The first kappa shape index (κ1) is 29.7. The van der Waals surface area contributed by atoms with Crippen molar-refractivity contribution in [1.82, 2.24) is 19.9 Å². The fourth-order valence-electron chi connectivity index (χ4n) is 5.52. The molecule has 4 atom stereocenters. The molecule has 6 rings (SSSR count). The summed E-state index contributed by atoms with van der Waals surface area (Å²) in [4.78, 5) is 18.5. The van der Waals surface area contributed by atoms with Gasteiger partial charge in [-0.1, -0.05) is 0 Å². The topological polar surface area (TPSA) is 150 Å². The Morgan fingerprint density at radius 1 is 1.05 bits per heavy atom. The van der Waals surface area contributed by atoms with Crippen LogP contribution in [0.5, 0.6) is 0 Å². The van der Waals surface area contributed by atoms with Crippen LogP contribution in [-0.4, -0.2) is 68.8 Å². The predicted octanol–water partition coefficient (Wildman–Crippen LogP) is 3.93. The number of benzene rings is 1. The molecule has 3 aromatic heterocycles. The first-order valence-electron chi connectivity index (χ1n) is 13.7. The molecule has 0 bridgehead atoms. The van der Waals surface area contributed by atoms with E-state index in [0.29, 0.717) is 28.2 Å². The van der Waals surface area contributed by atoms with E-state index in [1.807, 2.05) is 6.07 Å². The lowest BCUT2D eigenvalue weighted by Gasteiger charge is -2.21. The van der Waals surface area contributed by atoms with Crippen LogP contribution in [0.25, 0.3) is 20.8 Å². The van der Waals surface area contributed by atoms with Crippen molar-refractivity contribution in [3.05, 3.63) is 58.8 Å². The van der Waals surface area contributed by atoms with Crippen molar-refractivity contribution in [2.45, 2.75) is 56.9 Å². The summed E-state index contributed by atoms with van der Waals surface area (Å²) in [6.07, 6.45) is 2.50. The smallest absolute Gasteiger partial charge is 0.225 e. The van der Waals surface area contributed by atoms with Gasteiger partial charge in [0.1, 0.15) is 38.1 Å². The summed E-state index contributed by atoms with van der Waals surface area (Å²) in [6, 6.07) is 2.34. The summed E-state index contributed by atoms with van der Waals surface area (Å²) < 4.78 is 66.2. The van der Waals surface area contributed by atoms with Crippen molar-refractivity contribution < 1.29 is 31.8 Å². The first-order valence-corrected chi connectivity index (χ1v) is 16.6. The van der Waals surface area contributed by atoms with E-state index in [1.165, 1.54) is 11.3 Å². The number of nitrogens with zero attached hydrogens (tertiary/aromatic N) is 4. The van der Waals surface area contributed by atoms with Crippen LogP contribution in [0.15, 0.2) is 24.4 Å². The molecule has 43 heavy (non-hydrogen) atoms. The van der Waals surface area contributed by atoms with Crippen molar-refractivity contribution in [3.63, 3.8) is 0 Å². The second kappa shape index (κ2) is 11.3. The van der Waals surface area contributed by atoms with E-state index in [4.69, 9.17) is 4.98 Å². The molecule has 0 radical (unpaired) electrons. The van der Waals surface area contributed by atoms with E-state index in [9.17, 15) is 31.8 Å². The number of thiazole rings is 1. The number of hydrogen-bond acceptors (Lipinski definition) is 11. The van der Waals surface area contributed by atoms with Gasteiger partial charge in [-0.15, -0.1) is 11.3 Å². The highest BCUT2D eigenvalue weighted by Crippen LogP contribution is 2.44. The SMILES string of the molecule is Cc1nc(NCc2cc(F)c(F)cc2F)nc(NC2CC(CS(C)(=O)=O)C(O)C2O)c1-c1nc2c(C3CC3)nccc2s1. The molecule has 4 unspecified atom stereocenters. The minimum absolute atomic E-state index is 0.0371. The zero-order valence-electron chi connectivity index (χ0n) is 23.2. The highest BCUT2D eigenvalue weighted by molar-refractivity contribution is 7.90. The van der Waals surface area contributed by atoms with E-state index in [1.54, 1.807) is 13.1 Å². The van der Waals surface area contributed by atoms with Gasteiger partial charge < -0.3 is 20.8 Å². The van der Waals surface area contributed by atoms with Crippen LogP contribution in [0.4, 0.5) is 24.9 Å². The maximum Gasteiger partial charge on any atom is 0.225 e. The van der Waals surface area contributed by atoms with Crippen LogP contribution >= 0.6 is 11.3 Å². The number of aliphatic hydroxyl groups excluding tert-OH is 2. The monoisotopic (exact) mass is 634 g/mol. The quantitative estimate of drug-likeness (QED) is 0.200. The molecule has 4 N–H and O–H groups in total. The second-order valence-electron chi connectivity index (χ2n) is 11.2. The molecule has 10 nitrogen and oxygen atoms in total. The van der Waals surface area contributed by atoms with Crippen LogP contribution in [0.2, 0.25) is 0 Å². The third-order valence-corrected chi connectivity index (χ3v) is 9.84. The number of hydrogen-bond donors (Lipinski definition) is 4. The van der Waals surface area contributed by atoms with Crippen LogP contribution in [0.1, 0.15) is 42.1 Å². The molecule has 0 amide bonds. The lowest BCUT2D eigenvalue weighted by Crippen LogP contribution is -2.36. The van der Waals surface area contributed by atoms with Crippen molar-refractivity contribution >= 4 is 43.2 Å². The molecule has 4 aromatic rings. The van der Waals surface area contributed by atoms with Crippen molar-refractivity contribution in [2.75, 3.05) is 22.6 Å². The molecule has 0 spiro atoms. The molecule has 0 saturated heterocycles. The number of pyridine rings is 1. The van der Waals surface area contributed by atoms with Crippen LogP contribution in [-0.2, 0) is 16.4 Å². The molecule has 3 heterocycles. The third kappa shape index (κ3) is 6.16. The summed E-state index contributed by atoms with van der Waals surface area (Å²) >= 11 is 1.42. The van der Waals surface area contributed by atoms with Crippen molar-refractivity contribution in [1.29, 1.82) is 0 Å². The number of rotatable bonds is 9. The van der Waals surface area contributed by atoms with Gasteiger partial charge in [-0.3, -0.25) is 4.98 Å². The van der Waals surface area contributed by atoms with Crippen molar-refractivity contribution in [3.8, 4) is 10.6 Å². The fraction of sp³-hybridized carbons (Fsp3) is 0.429. The van der Waals surface area contributed by atoms with Gasteiger partial charge in [0, 0.05) is 42.5 Å². The van der Waals surface area contributed by atoms with Crippen LogP contribution in [0, 0.1) is 30.3 Å².